The monoisotopic (exact) mass is 414 g/mol. The second kappa shape index (κ2) is 7.56. The minimum atomic E-state index is -3.77. The van der Waals surface area contributed by atoms with Crippen LogP contribution in [0.25, 0.3) is 0 Å². The van der Waals surface area contributed by atoms with E-state index in [1.165, 1.54) is 28.6 Å². The maximum absolute atomic E-state index is 13.2. The van der Waals surface area contributed by atoms with Crippen molar-refractivity contribution in [2.75, 3.05) is 6.54 Å². The van der Waals surface area contributed by atoms with Gasteiger partial charge in [-0.3, -0.25) is 0 Å². The van der Waals surface area contributed by atoms with Gasteiger partial charge in [0, 0.05) is 23.2 Å². The van der Waals surface area contributed by atoms with Crippen LogP contribution in [-0.4, -0.2) is 24.3 Å². The van der Waals surface area contributed by atoms with Crippen LogP contribution < -0.4 is 0 Å². The van der Waals surface area contributed by atoms with Gasteiger partial charge in [0.05, 0.1) is 10.9 Å². The van der Waals surface area contributed by atoms with E-state index < -0.39 is 16.4 Å². The molecule has 1 aliphatic heterocycles. The van der Waals surface area contributed by atoms with E-state index in [4.69, 9.17) is 0 Å². The molecule has 0 unspecified atom stereocenters. The van der Waals surface area contributed by atoms with Gasteiger partial charge >= 0.3 is 0 Å². The fraction of sp³-hybridized carbons (Fsp3) is 0.526. The lowest BCUT2D eigenvalue weighted by Crippen LogP contribution is -2.38. The highest BCUT2D eigenvalue weighted by Crippen LogP contribution is 2.39. The molecule has 0 spiro atoms. The zero-order valence-corrected chi connectivity index (χ0v) is 17.3. The fourth-order valence-corrected chi connectivity index (χ4v) is 6.00. The Morgan fingerprint density at radius 2 is 1.85 bits per heavy atom. The molecule has 2 aromatic rings. The van der Waals surface area contributed by atoms with E-state index >= 15 is 0 Å². The number of halogens is 2. The Morgan fingerprint density at radius 1 is 1.19 bits per heavy atom. The number of sulfonamides is 1. The van der Waals surface area contributed by atoms with Crippen LogP contribution in [0, 0.1) is 0 Å². The molecule has 1 aliphatic rings. The van der Waals surface area contributed by atoms with Crippen molar-refractivity contribution in [2.45, 2.75) is 62.8 Å². The number of thiazole rings is 1. The molecule has 0 saturated carbocycles. The zero-order valence-electron chi connectivity index (χ0n) is 15.7. The van der Waals surface area contributed by atoms with Gasteiger partial charge in [0.25, 0.3) is 6.43 Å². The highest BCUT2D eigenvalue weighted by atomic mass is 32.2. The first kappa shape index (κ1) is 20.4. The van der Waals surface area contributed by atoms with Crippen molar-refractivity contribution in [3.8, 4) is 0 Å². The standard InChI is InChI=1S/C19H24F2N2O2S2/c1-19(2,3)16-12-22-18(26-16)15-6-4-5-11-23(15)27(24,25)14-9-7-13(8-10-14)17(20)21/h7-10,12,15,17H,4-6,11H2,1-3H3/t15-/m0/s1. The first-order valence-electron chi connectivity index (χ1n) is 8.97. The summed E-state index contributed by atoms with van der Waals surface area (Å²) in [5.41, 5.74) is -0.224. The predicted octanol–water partition coefficient (Wildman–Crippen LogP) is 5.29. The summed E-state index contributed by atoms with van der Waals surface area (Å²) in [6.07, 6.45) is 1.64. The second-order valence-electron chi connectivity index (χ2n) is 7.81. The van der Waals surface area contributed by atoms with Crippen LogP contribution in [0.1, 0.15) is 67.9 Å². The lowest BCUT2D eigenvalue weighted by Gasteiger charge is -2.33. The van der Waals surface area contributed by atoms with Crippen LogP contribution in [0.3, 0.4) is 0 Å². The third kappa shape index (κ3) is 4.22. The fourth-order valence-electron chi connectivity index (χ4n) is 3.15. The second-order valence-corrected chi connectivity index (χ2v) is 10.8. The van der Waals surface area contributed by atoms with Crippen molar-refractivity contribution in [2.24, 2.45) is 0 Å². The Hall–Kier alpha value is -1.38. The highest BCUT2D eigenvalue weighted by molar-refractivity contribution is 7.89. The van der Waals surface area contributed by atoms with Gasteiger partial charge in [0.2, 0.25) is 10.0 Å². The Kier molecular flexibility index (Phi) is 5.70. The molecule has 0 N–H and O–H groups in total. The molecule has 4 nitrogen and oxygen atoms in total. The molecule has 27 heavy (non-hydrogen) atoms. The Balaban J connectivity index is 1.93. The summed E-state index contributed by atoms with van der Waals surface area (Å²) >= 11 is 1.55. The van der Waals surface area contributed by atoms with Crippen LogP contribution in [0.4, 0.5) is 8.78 Å². The predicted molar refractivity (Wildman–Crippen MR) is 103 cm³/mol. The van der Waals surface area contributed by atoms with E-state index in [1.807, 2.05) is 6.20 Å². The summed E-state index contributed by atoms with van der Waals surface area (Å²) < 4.78 is 53.4. The van der Waals surface area contributed by atoms with Gasteiger partial charge in [-0.2, -0.15) is 4.31 Å². The third-order valence-electron chi connectivity index (χ3n) is 4.74. The Bertz CT molecular complexity index is 887. The molecule has 2 heterocycles. The van der Waals surface area contributed by atoms with Crippen molar-refractivity contribution in [1.82, 2.24) is 9.29 Å². The van der Waals surface area contributed by atoms with Crippen molar-refractivity contribution >= 4 is 21.4 Å². The van der Waals surface area contributed by atoms with Gasteiger partial charge in [-0.05, 0) is 30.4 Å². The largest absolute Gasteiger partial charge is 0.263 e. The smallest absolute Gasteiger partial charge is 0.248 e. The van der Waals surface area contributed by atoms with Crippen molar-refractivity contribution < 1.29 is 17.2 Å². The summed E-state index contributed by atoms with van der Waals surface area (Å²) in [7, 11) is -3.77. The number of rotatable bonds is 4. The third-order valence-corrected chi connectivity index (χ3v) is 8.19. The van der Waals surface area contributed by atoms with Crippen LogP contribution in [0.2, 0.25) is 0 Å². The molecule has 0 aliphatic carbocycles. The lowest BCUT2D eigenvalue weighted by atomic mass is 9.96. The van der Waals surface area contributed by atoms with E-state index in [0.717, 1.165) is 22.7 Å². The number of benzene rings is 1. The summed E-state index contributed by atoms with van der Waals surface area (Å²) in [6, 6.07) is 4.59. The van der Waals surface area contributed by atoms with E-state index in [-0.39, 0.29) is 21.9 Å². The van der Waals surface area contributed by atoms with Crippen LogP contribution in [-0.2, 0) is 15.4 Å². The van der Waals surface area contributed by atoms with Gasteiger partial charge in [0.15, 0.2) is 0 Å². The summed E-state index contributed by atoms with van der Waals surface area (Å²) in [4.78, 5) is 5.67. The van der Waals surface area contributed by atoms with E-state index in [0.29, 0.717) is 13.0 Å². The number of alkyl halides is 2. The van der Waals surface area contributed by atoms with Crippen LogP contribution >= 0.6 is 11.3 Å². The molecule has 0 radical (unpaired) electrons. The number of piperidine rings is 1. The molecule has 0 bridgehead atoms. The first-order valence-corrected chi connectivity index (χ1v) is 11.2. The molecule has 1 atom stereocenters. The Morgan fingerprint density at radius 3 is 2.41 bits per heavy atom. The zero-order chi connectivity index (χ0) is 19.8. The SMILES string of the molecule is CC(C)(C)c1cnc([C@@H]2CCCCN2S(=O)(=O)c2ccc(C(F)F)cc2)s1. The average molecular weight is 415 g/mol. The Labute approximate surface area is 163 Å². The van der Waals surface area contributed by atoms with Crippen LogP contribution in [0.15, 0.2) is 35.4 Å². The molecule has 0 amide bonds. The molecule has 1 aromatic carbocycles. The number of aromatic nitrogens is 1. The molecular formula is C19H24F2N2O2S2. The maximum Gasteiger partial charge on any atom is 0.263 e. The lowest BCUT2D eigenvalue weighted by molar-refractivity contribution is 0.151. The number of nitrogens with zero attached hydrogens (tertiary/aromatic N) is 2. The van der Waals surface area contributed by atoms with Crippen molar-refractivity contribution in [3.05, 3.63) is 45.9 Å². The van der Waals surface area contributed by atoms with Crippen LogP contribution in [0.5, 0.6) is 0 Å². The number of hydrogen-bond donors (Lipinski definition) is 0. The summed E-state index contributed by atoms with van der Waals surface area (Å²) in [6.45, 7) is 6.72. The molecule has 3 rings (SSSR count). The van der Waals surface area contributed by atoms with Gasteiger partial charge in [0.1, 0.15) is 5.01 Å². The average Bonchev–Trinajstić information content (AvgIpc) is 3.12. The molecule has 1 aromatic heterocycles. The number of hydrogen-bond acceptors (Lipinski definition) is 4. The van der Waals surface area contributed by atoms with Gasteiger partial charge in [-0.25, -0.2) is 22.2 Å². The summed E-state index contributed by atoms with van der Waals surface area (Å²) in [5, 5.41) is 0.799. The van der Waals surface area contributed by atoms with Gasteiger partial charge < -0.3 is 0 Å². The highest BCUT2D eigenvalue weighted by Gasteiger charge is 2.36. The van der Waals surface area contributed by atoms with Gasteiger partial charge in [-0.15, -0.1) is 11.3 Å². The normalized spacial score (nSPS) is 19.6. The van der Waals surface area contributed by atoms with E-state index in [1.54, 1.807) is 11.3 Å². The maximum atomic E-state index is 13.2. The van der Waals surface area contributed by atoms with Gasteiger partial charge in [-0.1, -0.05) is 39.3 Å². The van der Waals surface area contributed by atoms with E-state index in [9.17, 15) is 17.2 Å². The molecule has 1 fully saturated rings. The van der Waals surface area contributed by atoms with Crippen molar-refractivity contribution in [1.29, 1.82) is 0 Å². The molecule has 148 valence electrons. The first-order chi connectivity index (χ1) is 12.6. The summed E-state index contributed by atoms with van der Waals surface area (Å²) in [5.74, 6) is 0. The minimum absolute atomic E-state index is 0.0423. The minimum Gasteiger partial charge on any atom is -0.248 e. The molecule has 8 heteroatoms. The van der Waals surface area contributed by atoms with Crippen molar-refractivity contribution in [3.63, 3.8) is 0 Å². The molecular weight excluding hydrogens is 390 g/mol. The topological polar surface area (TPSA) is 50.3 Å². The quantitative estimate of drug-likeness (QED) is 0.683. The van der Waals surface area contributed by atoms with E-state index in [2.05, 4.69) is 25.8 Å². The molecule has 1 saturated heterocycles.